The van der Waals surface area contributed by atoms with Crippen LogP contribution in [0.4, 0.5) is 17.1 Å². The molecule has 0 spiro atoms. The molecule has 1 aliphatic carbocycles. The number of nitrogens with zero attached hydrogens (tertiary/aromatic N) is 1. The first-order valence-electron chi connectivity index (χ1n) is 19.8. The minimum Gasteiger partial charge on any atom is -0.309 e. The molecule has 0 saturated carbocycles. The summed E-state index contributed by atoms with van der Waals surface area (Å²) in [6.45, 7) is 4.72. The van der Waals surface area contributed by atoms with Crippen molar-refractivity contribution in [3.63, 3.8) is 0 Å². The van der Waals surface area contributed by atoms with Gasteiger partial charge in [-0.25, -0.2) is 0 Å². The number of hydrogen-bond donors (Lipinski definition) is 0. The molecule has 0 amide bonds. The van der Waals surface area contributed by atoms with Crippen molar-refractivity contribution in [1.29, 1.82) is 0 Å². The van der Waals surface area contributed by atoms with E-state index in [1.807, 2.05) is 11.3 Å². The second-order valence-electron chi connectivity index (χ2n) is 15.7. The highest BCUT2D eigenvalue weighted by Gasteiger charge is 2.38. The Morgan fingerprint density at radius 2 is 0.930 bits per heavy atom. The van der Waals surface area contributed by atoms with E-state index in [0.717, 1.165) is 5.69 Å². The molecule has 10 aromatic rings. The molecule has 11 rings (SSSR count). The van der Waals surface area contributed by atoms with Crippen LogP contribution in [0.25, 0.3) is 75.5 Å². The van der Waals surface area contributed by atoms with Crippen molar-refractivity contribution in [1.82, 2.24) is 0 Å². The number of thiophene rings is 1. The molecular formula is C55H39NS. The number of benzene rings is 9. The van der Waals surface area contributed by atoms with Crippen molar-refractivity contribution in [3.8, 4) is 44.5 Å². The van der Waals surface area contributed by atoms with Crippen LogP contribution in [0.1, 0.15) is 25.0 Å². The van der Waals surface area contributed by atoms with Crippen molar-refractivity contribution in [2.24, 2.45) is 0 Å². The van der Waals surface area contributed by atoms with Gasteiger partial charge < -0.3 is 4.90 Å². The second-order valence-corrected chi connectivity index (χ2v) is 16.8. The van der Waals surface area contributed by atoms with E-state index < -0.39 is 0 Å². The average Bonchev–Trinajstić information content (AvgIpc) is 3.77. The van der Waals surface area contributed by atoms with Gasteiger partial charge in [0.25, 0.3) is 0 Å². The van der Waals surface area contributed by atoms with Gasteiger partial charge in [0.2, 0.25) is 0 Å². The largest absolute Gasteiger partial charge is 0.309 e. The van der Waals surface area contributed by atoms with Crippen molar-refractivity contribution < 1.29 is 0 Å². The third kappa shape index (κ3) is 5.51. The van der Waals surface area contributed by atoms with Crippen molar-refractivity contribution in [2.45, 2.75) is 19.3 Å². The van der Waals surface area contributed by atoms with Gasteiger partial charge in [0.15, 0.2) is 0 Å². The third-order valence-electron chi connectivity index (χ3n) is 12.1. The van der Waals surface area contributed by atoms with Crippen LogP contribution >= 0.6 is 11.3 Å². The lowest BCUT2D eigenvalue weighted by molar-refractivity contribution is 0.660. The fourth-order valence-corrected chi connectivity index (χ4v) is 10.3. The summed E-state index contributed by atoms with van der Waals surface area (Å²) in [5.41, 5.74) is 16.1. The second kappa shape index (κ2) is 13.2. The van der Waals surface area contributed by atoms with Crippen LogP contribution in [0.3, 0.4) is 0 Å². The van der Waals surface area contributed by atoms with Gasteiger partial charge in [-0.15, -0.1) is 11.3 Å². The molecule has 1 heterocycles. The molecule has 0 bridgehead atoms. The van der Waals surface area contributed by atoms with E-state index in [9.17, 15) is 0 Å². The van der Waals surface area contributed by atoms with Gasteiger partial charge in [-0.2, -0.15) is 0 Å². The van der Waals surface area contributed by atoms with Crippen LogP contribution in [-0.2, 0) is 5.41 Å². The molecule has 0 fully saturated rings. The monoisotopic (exact) mass is 745 g/mol. The summed E-state index contributed by atoms with van der Waals surface area (Å²) in [5, 5.41) is 5.13. The minimum absolute atomic E-state index is 0.0933. The van der Waals surface area contributed by atoms with E-state index in [2.05, 4.69) is 219 Å². The third-order valence-corrected chi connectivity index (χ3v) is 13.2. The van der Waals surface area contributed by atoms with E-state index in [0.29, 0.717) is 0 Å². The molecule has 0 radical (unpaired) electrons. The number of fused-ring (bicyclic) bond motifs is 7. The quantitative estimate of drug-likeness (QED) is 0.164. The molecule has 1 aromatic heterocycles. The lowest BCUT2D eigenvalue weighted by atomic mass is 9.82. The van der Waals surface area contributed by atoms with Gasteiger partial charge in [-0.05, 0) is 103 Å². The summed E-state index contributed by atoms with van der Waals surface area (Å²) in [6.07, 6.45) is 0. The highest BCUT2D eigenvalue weighted by molar-refractivity contribution is 7.26. The fraction of sp³-hybridized carbons (Fsp3) is 0.0545. The Hall–Kier alpha value is -6.74. The number of rotatable bonds is 6. The van der Waals surface area contributed by atoms with Crippen LogP contribution < -0.4 is 4.90 Å². The Bertz CT molecular complexity index is 3130. The van der Waals surface area contributed by atoms with E-state index >= 15 is 0 Å². The Balaban J connectivity index is 0.968. The molecule has 0 unspecified atom stereocenters. The summed E-state index contributed by atoms with van der Waals surface area (Å²) in [5.74, 6) is 0. The summed E-state index contributed by atoms with van der Waals surface area (Å²) < 4.78 is 2.61. The Morgan fingerprint density at radius 3 is 1.67 bits per heavy atom. The molecule has 0 aliphatic heterocycles. The van der Waals surface area contributed by atoms with Crippen LogP contribution in [0, 0.1) is 0 Å². The molecule has 57 heavy (non-hydrogen) atoms. The molecule has 0 atom stereocenters. The highest BCUT2D eigenvalue weighted by atomic mass is 32.1. The normalized spacial score (nSPS) is 12.9. The highest BCUT2D eigenvalue weighted by Crippen LogP contribution is 2.55. The smallest absolute Gasteiger partial charge is 0.0555 e. The standard InChI is InChI=1S/C55H39NS/c1-55(2)47-15-7-5-13-45(47)53-48(55)16-9-17-49(53)56(50-18-10-20-52-54(50)46-14-6-8-19-51(46)57-52)44-33-31-40(32-34-44)39-23-21-37(22-24-39)38-25-27-41(28-26-38)43-30-29-36-11-3-4-12-42(36)35-43/h3-35H,1-2H3. The van der Waals surface area contributed by atoms with Gasteiger partial charge in [-0.1, -0.05) is 172 Å². The van der Waals surface area contributed by atoms with E-state index in [-0.39, 0.29) is 5.41 Å². The van der Waals surface area contributed by atoms with E-state index in [4.69, 9.17) is 0 Å². The van der Waals surface area contributed by atoms with Crippen molar-refractivity contribution in [2.75, 3.05) is 4.90 Å². The fourth-order valence-electron chi connectivity index (χ4n) is 9.15. The molecular weight excluding hydrogens is 707 g/mol. The van der Waals surface area contributed by atoms with Gasteiger partial charge in [0.05, 0.1) is 11.4 Å². The van der Waals surface area contributed by atoms with E-state index in [1.165, 1.54) is 98.0 Å². The number of hydrogen-bond acceptors (Lipinski definition) is 2. The molecule has 0 N–H and O–H groups in total. The maximum atomic E-state index is 2.51. The Morgan fingerprint density at radius 1 is 0.404 bits per heavy atom. The maximum absolute atomic E-state index is 2.51. The Kier molecular flexibility index (Phi) is 7.77. The maximum Gasteiger partial charge on any atom is 0.0555 e. The zero-order valence-electron chi connectivity index (χ0n) is 31.9. The van der Waals surface area contributed by atoms with E-state index in [1.54, 1.807) is 0 Å². The predicted molar refractivity (Wildman–Crippen MR) is 245 cm³/mol. The van der Waals surface area contributed by atoms with Crippen molar-refractivity contribution in [3.05, 3.63) is 211 Å². The number of anilines is 3. The zero-order valence-corrected chi connectivity index (χ0v) is 32.7. The van der Waals surface area contributed by atoms with Crippen LogP contribution in [0.5, 0.6) is 0 Å². The first kappa shape index (κ1) is 33.6. The van der Waals surface area contributed by atoms with Gasteiger partial charge >= 0.3 is 0 Å². The average molecular weight is 746 g/mol. The summed E-state index contributed by atoms with van der Waals surface area (Å²) in [7, 11) is 0. The topological polar surface area (TPSA) is 3.24 Å². The summed E-state index contributed by atoms with van der Waals surface area (Å²) >= 11 is 1.87. The SMILES string of the molecule is CC1(C)c2ccccc2-c2c(N(c3ccc(-c4ccc(-c5ccc(-c6ccc7ccccc7c6)cc5)cc4)cc3)c3cccc4sc5ccccc5c34)cccc21. The minimum atomic E-state index is -0.0933. The van der Waals surface area contributed by atoms with Gasteiger partial charge in [-0.3, -0.25) is 0 Å². The van der Waals surface area contributed by atoms with Crippen molar-refractivity contribution >= 4 is 59.3 Å². The predicted octanol–water partition coefficient (Wildman–Crippen LogP) is 16.0. The first-order valence-corrected chi connectivity index (χ1v) is 20.6. The van der Waals surface area contributed by atoms with Gasteiger partial charge in [0.1, 0.15) is 0 Å². The first-order chi connectivity index (χ1) is 28.0. The molecule has 0 saturated heterocycles. The lowest BCUT2D eigenvalue weighted by Crippen LogP contribution is -2.16. The van der Waals surface area contributed by atoms with Gasteiger partial charge in [0, 0.05) is 36.8 Å². The molecule has 270 valence electrons. The molecule has 2 heteroatoms. The zero-order chi connectivity index (χ0) is 38.1. The summed E-state index contributed by atoms with van der Waals surface area (Å²) in [6, 6.07) is 73.8. The van der Waals surface area contributed by atoms with Crippen LogP contribution in [-0.4, -0.2) is 0 Å². The Labute approximate surface area is 337 Å². The molecule has 1 aliphatic rings. The molecule has 9 aromatic carbocycles. The van der Waals surface area contributed by atoms with Crippen LogP contribution in [0.15, 0.2) is 200 Å². The lowest BCUT2D eigenvalue weighted by Gasteiger charge is -2.29. The van der Waals surface area contributed by atoms with Crippen LogP contribution in [0.2, 0.25) is 0 Å². The summed E-state index contributed by atoms with van der Waals surface area (Å²) in [4.78, 5) is 2.51. The molecule has 1 nitrogen and oxygen atoms in total.